The number of carbonyl (C=O) groups is 1. The highest BCUT2D eigenvalue weighted by atomic mass is 32.1. The van der Waals surface area contributed by atoms with Gasteiger partial charge in [0.15, 0.2) is 0 Å². The largest absolute Gasteiger partial charge is 0.481 e. The molecule has 1 fully saturated rings. The maximum absolute atomic E-state index is 10.8. The molecule has 0 radical (unpaired) electrons. The molecule has 13 heavy (non-hydrogen) atoms. The summed E-state index contributed by atoms with van der Waals surface area (Å²) in [5.41, 5.74) is 0. The van der Waals surface area contributed by atoms with E-state index in [0.29, 0.717) is 13.1 Å². The summed E-state index contributed by atoms with van der Waals surface area (Å²) in [6.45, 7) is 1.25. The first-order valence-electron chi connectivity index (χ1n) is 4.00. The molecule has 1 saturated heterocycles. The molecule has 6 heteroatoms. The van der Waals surface area contributed by atoms with Gasteiger partial charge in [-0.15, -0.1) is 5.10 Å². The SMILES string of the molecule is O=C(O)C1CNCC1c1cnns1. The van der Waals surface area contributed by atoms with Crippen LogP contribution in [0.3, 0.4) is 0 Å². The van der Waals surface area contributed by atoms with Gasteiger partial charge >= 0.3 is 5.97 Å². The fourth-order valence-electron chi connectivity index (χ4n) is 1.58. The molecule has 2 atom stereocenters. The molecule has 2 rings (SSSR count). The summed E-state index contributed by atoms with van der Waals surface area (Å²) in [7, 11) is 0. The first kappa shape index (κ1) is 8.58. The Labute approximate surface area is 78.9 Å². The third kappa shape index (κ3) is 1.54. The fraction of sp³-hybridized carbons (Fsp3) is 0.571. The van der Waals surface area contributed by atoms with Gasteiger partial charge in [0, 0.05) is 19.0 Å². The molecule has 0 saturated carbocycles. The Morgan fingerprint density at radius 2 is 2.54 bits per heavy atom. The Morgan fingerprint density at radius 3 is 3.15 bits per heavy atom. The minimum atomic E-state index is -0.747. The summed E-state index contributed by atoms with van der Waals surface area (Å²) in [4.78, 5) is 11.8. The number of nitrogens with zero attached hydrogens (tertiary/aromatic N) is 2. The lowest BCUT2D eigenvalue weighted by atomic mass is 9.95. The highest BCUT2D eigenvalue weighted by molar-refractivity contribution is 7.05. The second-order valence-electron chi connectivity index (χ2n) is 3.03. The molecule has 0 aliphatic carbocycles. The maximum atomic E-state index is 10.8. The number of rotatable bonds is 2. The van der Waals surface area contributed by atoms with Crippen molar-refractivity contribution in [2.24, 2.45) is 5.92 Å². The number of hydrogen-bond acceptors (Lipinski definition) is 5. The van der Waals surface area contributed by atoms with Crippen molar-refractivity contribution in [3.8, 4) is 0 Å². The first-order valence-corrected chi connectivity index (χ1v) is 4.77. The van der Waals surface area contributed by atoms with Gasteiger partial charge in [-0.2, -0.15) is 0 Å². The summed E-state index contributed by atoms with van der Waals surface area (Å²) in [6, 6.07) is 0. The smallest absolute Gasteiger partial charge is 0.308 e. The van der Waals surface area contributed by atoms with Crippen LogP contribution >= 0.6 is 11.5 Å². The van der Waals surface area contributed by atoms with Crippen LogP contribution in [0.25, 0.3) is 0 Å². The molecule has 1 aliphatic rings. The molecule has 0 amide bonds. The Hall–Kier alpha value is -1.01. The van der Waals surface area contributed by atoms with Crippen molar-refractivity contribution < 1.29 is 9.90 Å². The molecule has 5 nitrogen and oxygen atoms in total. The van der Waals surface area contributed by atoms with E-state index in [-0.39, 0.29) is 11.8 Å². The summed E-state index contributed by atoms with van der Waals surface area (Å²) in [6.07, 6.45) is 1.65. The van der Waals surface area contributed by atoms with Gasteiger partial charge in [-0.25, -0.2) is 0 Å². The molecule has 1 aromatic heterocycles. The third-order valence-electron chi connectivity index (χ3n) is 2.28. The lowest BCUT2D eigenvalue weighted by molar-refractivity contribution is -0.141. The van der Waals surface area contributed by atoms with Gasteiger partial charge < -0.3 is 10.4 Å². The lowest BCUT2D eigenvalue weighted by Gasteiger charge is -2.10. The van der Waals surface area contributed by atoms with E-state index in [9.17, 15) is 4.79 Å². The van der Waals surface area contributed by atoms with Crippen LogP contribution < -0.4 is 5.32 Å². The third-order valence-corrected chi connectivity index (χ3v) is 3.07. The van der Waals surface area contributed by atoms with Gasteiger partial charge in [0.25, 0.3) is 0 Å². The van der Waals surface area contributed by atoms with Gasteiger partial charge in [-0.1, -0.05) is 4.49 Å². The number of aromatic nitrogens is 2. The number of carboxylic acid groups (broad SMARTS) is 1. The second-order valence-corrected chi connectivity index (χ2v) is 3.85. The molecular formula is C7H9N3O2S. The van der Waals surface area contributed by atoms with Crippen molar-refractivity contribution in [2.75, 3.05) is 13.1 Å². The van der Waals surface area contributed by atoms with Gasteiger partial charge in [-0.05, 0) is 11.5 Å². The van der Waals surface area contributed by atoms with E-state index in [1.807, 2.05) is 0 Å². The Balaban J connectivity index is 2.19. The Bertz CT molecular complexity index is 301. The molecule has 0 aromatic carbocycles. The normalized spacial score (nSPS) is 27.7. The number of aliphatic carboxylic acids is 1. The van der Waals surface area contributed by atoms with Crippen molar-refractivity contribution in [1.29, 1.82) is 0 Å². The second kappa shape index (κ2) is 3.39. The zero-order chi connectivity index (χ0) is 9.26. The highest BCUT2D eigenvalue weighted by Gasteiger charge is 2.34. The molecule has 2 unspecified atom stereocenters. The molecule has 0 bridgehead atoms. The molecule has 2 N–H and O–H groups in total. The quantitative estimate of drug-likeness (QED) is 0.697. The molecular weight excluding hydrogens is 190 g/mol. The van der Waals surface area contributed by atoms with Crippen LogP contribution in [-0.4, -0.2) is 33.8 Å². The van der Waals surface area contributed by atoms with E-state index >= 15 is 0 Å². The van der Waals surface area contributed by atoms with Gasteiger partial charge in [0.2, 0.25) is 0 Å². The summed E-state index contributed by atoms with van der Waals surface area (Å²) in [5.74, 6) is -1.04. The number of carboxylic acids is 1. The molecule has 0 spiro atoms. The molecule has 2 heterocycles. The van der Waals surface area contributed by atoms with Gasteiger partial charge in [0.05, 0.1) is 17.0 Å². The van der Waals surface area contributed by atoms with Crippen molar-refractivity contribution >= 4 is 17.5 Å². The van der Waals surface area contributed by atoms with E-state index in [4.69, 9.17) is 5.11 Å². The van der Waals surface area contributed by atoms with Crippen LogP contribution in [0.1, 0.15) is 10.8 Å². The van der Waals surface area contributed by atoms with E-state index in [0.717, 1.165) is 4.88 Å². The van der Waals surface area contributed by atoms with Crippen molar-refractivity contribution in [2.45, 2.75) is 5.92 Å². The van der Waals surface area contributed by atoms with E-state index < -0.39 is 5.97 Å². The highest BCUT2D eigenvalue weighted by Crippen LogP contribution is 2.29. The predicted octanol–water partition coefficient (Wildman–Crippen LogP) is -0.0743. The topological polar surface area (TPSA) is 75.1 Å². The molecule has 1 aliphatic heterocycles. The Kier molecular flexibility index (Phi) is 2.24. The number of hydrogen-bond donors (Lipinski definition) is 2. The van der Waals surface area contributed by atoms with Crippen LogP contribution in [0.15, 0.2) is 6.20 Å². The van der Waals surface area contributed by atoms with Crippen molar-refractivity contribution in [3.63, 3.8) is 0 Å². The van der Waals surface area contributed by atoms with Crippen LogP contribution in [0.4, 0.5) is 0 Å². The van der Waals surface area contributed by atoms with E-state index in [1.165, 1.54) is 11.5 Å². The van der Waals surface area contributed by atoms with Crippen LogP contribution in [-0.2, 0) is 4.79 Å². The minimum Gasteiger partial charge on any atom is -0.481 e. The minimum absolute atomic E-state index is 0.0394. The maximum Gasteiger partial charge on any atom is 0.308 e. The van der Waals surface area contributed by atoms with Crippen LogP contribution in [0.2, 0.25) is 0 Å². The monoisotopic (exact) mass is 199 g/mol. The van der Waals surface area contributed by atoms with Crippen molar-refractivity contribution in [1.82, 2.24) is 14.9 Å². The molecule has 1 aromatic rings. The van der Waals surface area contributed by atoms with Gasteiger partial charge in [-0.3, -0.25) is 4.79 Å². The average Bonchev–Trinajstić information content (AvgIpc) is 2.74. The molecule has 70 valence electrons. The zero-order valence-corrected chi connectivity index (χ0v) is 7.62. The van der Waals surface area contributed by atoms with Crippen LogP contribution in [0.5, 0.6) is 0 Å². The summed E-state index contributed by atoms with van der Waals surface area (Å²) in [5, 5.41) is 15.7. The number of nitrogens with one attached hydrogen (secondary N) is 1. The standard InChI is InChI=1S/C7H9N3O2S/c11-7(12)5-2-8-1-4(5)6-3-9-10-13-6/h3-5,8H,1-2H2,(H,11,12). The van der Waals surface area contributed by atoms with E-state index in [2.05, 4.69) is 14.9 Å². The van der Waals surface area contributed by atoms with Gasteiger partial charge in [0.1, 0.15) is 0 Å². The zero-order valence-electron chi connectivity index (χ0n) is 6.80. The summed E-state index contributed by atoms with van der Waals surface area (Å²) >= 11 is 1.28. The fourth-order valence-corrected chi connectivity index (χ4v) is 2.24. The van der Waals surface area contributed by atoms with Crippen LogP contribution in [0, 0.1) is 5.92 Å². The summed E-state index contributed by atoms with van der Waals surface area (Å²) < 4.78 is 3.73. The van der Waals surface area contributed by atoms with E-state index in [1.54, 1.807) is 6.20 Å². The Morgan fingerprint density at radius 1 is 1.69 bits per heavy atom. The predicted molar refractivity (Wildman–Crippen MR) is 46.6 cm³/mol. The average molecular weight is 199 g/mol. The first-order chi connectivity index (χ1) is 6.29. The van der Waals surface area contributed by atoms with Crippen molar-refractivity contribution in [3.05, 3.63) is 11.1 Å². The lowest BCUT2D eigenvalue weighted by Crippen LogP contribution is -2.20.